The van der Waals surface area contributed by atoms with Gasteiger partial charge in [-0.05, 0) is 45.8 Å². The van der Waals surface area contributed by atoms with Gasteiger partial charge in [-0.15, -0.1) is 0 Å². The van der Waals surface area contributed by atoms with Gasteiger partial charge in [0.1, 0.15) is 0 Å². The molecule has 2 N–H and O–H groups in total. The minimum atomic E-state index is -0.702. The molecule has 0 spiro atoms. The lowest BCUT2D eigenvalue weighted by atomic mass is 10.4. The van der Waals surface area contributed by atoms with Gasteiger partial charge in [-0.25, -0.2) is 0 Å². The predicted octanol–water partition coefficient (Wildman–Crippen LogP) is 0.568. The smallest absolute Gasteiger partial charge is 0.0383 e. The van der Waals surface area contributed by atoms with Crippen LogP contribution in [0.5, 0.6) is 0 Å². The van der Waals surface area contributed by atoms with Crippen LogP contribution in [-0.4, -0.2) is 46.3 Å². The van der Waals surface area contributed by atoms with E-state index in [4.69, 9.17) is 5.73 Å². The molecule has 1 saturated heterocycles. The maximum absolute atomic E-state index is 11.4. The topological polar surface area (TPSA) is 46.3 Å². The number of nitrogens with zero attached hydrogens (tertiary/aromatic N) is 1. The summed E-state index contributed by atoms with van der Waals surface area (Å²) in [6, 6.07) is 0.0719. The summed E-state index contributed by atoms with van der Waals surface area (Å²) >= 11 is 0. The number of nitrogens with two attached hydrogens (primary N) is 1. The molecule has 0 saturated carbocycles. The minimum absolute atomic E-state index is 0.0719. The highest BCUT2D eigenvalue weighted by Gasteiger charge is 2.11. The highest BCUT2D eigenvalue weighted by Crippen LogP contribution is 2.07. The lowest BCUT2D eigenvalue weighted by Gasteiger charge is -2.13. The van der Waals surface area contributed by atoms with Crippen LogP contribution in [0.25, 0.3) is 0 Å². The summed E-state index contributed by atoms with van der Waals surface area (Å²) < 4.78 is 11.4. The zero-order valence-corrected chi connectivity index (χ0v) is 9.89. The maximum Gasteiger partial charge on any atom is 0.0383 e. The molecule has 0 amide bonds. The summed E-state index contributed by atoms with van der Waals surface area (Å²) in [6.07, 6.45) is 3.73. The molecule has 2 unspecified atom stereocenters. The second-order valence-corrected chi connectivity index (χ2v) is 5.81. The van der Waals surface area contributed by atoms with E-state index >= 15 is 0 Å². The quantitative estimate of drug-likeness (QED) is 0.709. The fourth-order valence-electron chi connectivity index (χ4n) is 1.83. The Morgan fingerprint density at radius 3 is 2.64 bits per heavy atom. The fraction of sp³-hybridized carbons (Fsp3) is 1.00. The van der Waals surface area contributed by atoms with Crippen molar-refractivity contribution < 1.29 is 4.21 Å². The van der Waals surface area contributed by atoms with Crippen molar-refractivity contribution in [3.63, 3.8) is 0 Å². The van der Waals surface area contributed by atoms with E-state index in [1.807, 2.05) is 6.92 Å². The number of rotatable bonds is 6. The van der Waals surface area contributed by atoms with Crippen molar-refractivity contribution in [1.29, 1.82) is 0 Å². The van der Waals surface area contributed by atoms with Crippen molar-refractivity contribution in [2.75, 3.05) is 31.1 Å². The molecule has 0 aromatic heterocycles. The van der Waals surface area contributed by atoms with E-state index in [9.17, 15) is 4.21 Å². The van der Waals surface area contributed by atoms with Gasteiger partial charge < -0.3 is 10.6 Å². The van der Waals surface area contributed by atoms with Crippen LogP contribution in [-0.2, 0) is 10.8 Å². The van der Waals surface area contributed by atoms with E-state index in [1.54, 1.807) is 0 Å². The zero-order valence-electron chi connectivity index (χ0n) is 9.08. The number of hydrogen-bond donors (Lipinski definition) is 1. The van der Waals surface area contributed by atoms with Gasteiger partial charge in [0.15, 0.2) is 0 Å². The average molecular weight is 218 g/mol. The molecule has 1 heterocycles. The normalized spacial score (nSPS) is 22.4. The molecule has 0 aromatic carbocycles. The molecule has 0 aromatic rings. The molecule has 4 heteroatoms. The van der Waals surface area contributed by atoms with Crippen LogP contribution in [0, 0.1) is 0 Å². The van der Waals surface area contributed by atoms with Crippen LogP contribution in [0.2, 0.25) is 0 Å². The lowest BCUT2D eigenvalue weighted by Crippen LogP contribution is -2.26. The first-order chi connectivity index (χ1) is 6.68. The molecule has 2 atom stereocenters. The van der Waals surface area contributed by atoms with Crippen LogP contribution in [0.3, 0.4) is 0 Å². The minimum Gasteiger partial charge on any atom is -0.327 e. The van der Waals surface area contributed by atoms with Crippen molar-refractivity contribution in [2.45, 2.75) is 32.2 Å². The van der Waals surface area contributed by atoms with Gasteiger partial charge in [-0.2, -0.15) is 0 Å². The Balaban J connectivity index is 1.99. The van der Waals surface area contributed by atoms with Crippen LogP contribution in [0.15, 0.2) is 0 Å². The van der Waals surface area contributed by atoms with Gasteiger partial charge in [0.2, 0.25) is 0 Å². The lowest BCUT2D eigenvalue weighted by molar-refractivity contribution is 0.340. The SMILES string of the molecule is CC(N)CS(=O)CCCN1CCCC1. The van der Waals surface area contributed by atoms with E-state index in [1.165, 1.54) is 25.9 Å². The molecule has 1 rings (SSSR count). The van der Waals surface area contributed by atoms with Crippen molar-refractivity contribution in [1.82, 2.24) is 4.90 Å². The van der Waals surface area contributed by atoms with Gasteiger partial charge in [0.05, 0.1) is 0 Å². The average Bonchev–Trinajstić information content (AvgIpc) is 2.55. The van der Waals surface area contributed by atoms with Gasteiger partial charge in [0.25, 0.3) is 0 Å². The van der Waals surface area contributed by atoms with Gasteiger partial charge in [0, 0.05) is 28.3 Å². The van der Waals surface area contributed by atoms with Gasteiger partial charge >= 0.3 is 0 Å². The first kappa shape index (κ1) is 12.1. The van der Waals surface area contributed by atoms with Crippen molar-refractivity contribution in [2.24, 2.45) is 5.73 Å². The van der Waals surface area contributed by atoms with E-state index < -0.39 is 10.8 Å². The molecular weight excluding hydrogens is 196 g/mol. The van der Waals surface area contributed by atoms with Crippen molar-refractivity contribution >= 4 is 10.8 Å². The first-order valence-electron chi connectivity index (χ1n) is 5.51. The Labute approximate surface area is 89.5 Å². The Hall–Kier alpha value is 0.0700. The summed E-state index contributed by atoms with van der Waals surface area (Å²) in [5.74, 6) is 1.47. The highest BCUT2D eigenvalue weighted by atomic mass is 32.2. The van der Waals surface area contributed by atoms with Crippen LogP contribution in [0.4, 0.5) is 0 Å². The molecule has 3 nitrogen and oxygen atoms in total. The Morgan fingerprint density at radius 2 is 2.07 bits per heavy atom. The summed E-state index contributed by atoms with van der Waals surface area (Å²) in [5.41, 5.74) is 5.58. The molecule has 14 heavy (non-hydrogen) atoms. The van der Waals surface area contributed by atoms with Crippen LogP contribution in [0.1, 0.15) is 26.2 Å². The third-order valence-electron chi connectivity index (χ3n) is 2.49. The summed E-state index contributed by atoms with van der Waals surface area (Å²) in [7, 11) is -0.702. The zero-order chi connectivity index (χ0) is 10.4. The molecule has 84 valence electrons. The third kappa shape index (κ3) is 5.08. The van der Waals surface area contributed by atoms with Crippen LogP contribution < -0.4 is 5.73 Å². The molecular formula is C10H22N2OS. The van der Waals surface area contributed by atoms with Gasteiger partial charge in [-0.1, -0.05) is 0 Å². The van der Waals surface area contributed by atoms with E-state index in [0.29, 0.717) is 5.75 Å². The molecule has 1 aliphatic rings. The molecule has 1 fully saturated rings. The monoisotopic (exact) mass is 218 g/mol. The molecule has 0 aliphatic carbocycles. The summed E-state index contributed by atoms with van der Waals surface area (Å²) in [4.78, 5) is 2.46. The molecule has 1 aliphatic heterocycles. The van der Waals surface area contributed by atoms with E-state index in [-0.39, 0.29) is 6.04 Å². The van der Waals surface area contributed by atoms with E-state index in [0.717, 1.165) is 18.7 Å². The van der Waals surface area contributed by atoms with Crippen molar-refractivity contribution in [3.05, 3.63) is 0 Å². The second kappa shape index (κ2) is 6.53. The van der Waals surface area contributed by atoms with E-state index in [2.05, 4.69) is 4.90 Å². The molecule has 0 radical (unpaired) electrons. The largest absolute Gasteiger partial charge is 0.327 e. The third-order valence-corrected chi connectivity index (χ3v) is 4.14. The van der Waals surface area contributed by atoms with Crippen molar-refractivity contribution in [3.8, 4) is 0 Å². The Bertz CT molecular complexity index is 179. The second-order valence-electron chi connectivity index (χ2n) is 4.19. The summed E-state index contributed by atoms with van der Waals surface area (Å²) in [5, 5.41) is 0. The number of hydrogen-bond acceptors (Lipinski definition) is 3. The summed E-state index contributed by atoms with van der Waals surface area (Å²) in [6.45, 7) is 5.50. The standard InChI is InChI=1S/C10H22N2OS/c1-10(11)9-14(13)8-4-7-12-5-2-3-6-12/h10H,2-9,11H2,1H3. The predicted molar refractivity (Wildman–Crippen MR) is 61.8 cm³/mol. The molecule has 0 bridgehead atoms. The number of likely N-dealkylation sites (tertiary alicyclic amines) is 1. The van der Waals surface area contributed by atoms with Crippen LogP contribution >= 0.6 is 0 Å². The first-order valence-corrected chi connectivity index (χ1v) is 7.00. The fourth-order valence-corrected chi connectivity index (χ4v) is 3.04. The maximum atomic E-state index is 11.4. The Morgan fingerprint density at radius 1 is 1.43 bits per heavy atom. The highest BCUT2D eigenvalue weighted by molar-refractivity contribution is 7.85. The van der Waals surface area contributed by atoms with Gasteiger partial charge in [-0.3, -0.25) is 4.21 Å². The Kier molecular flexibility index (Phi) is 5.67.